The molecule has 0 bridgehead atoms. The fraction of sp³-hybridized carbons (Fsp3) is 0.182. The van der Waals surface area contributed by atoms with Crippen molar-refractivity contribution in [1.29, 1.82) is 0 Å². The van der Waals surface area contributed by atoms with Gasteiger partial charge in [-0.3, -0.25) is 4.79 Å². The number of carbonyl (C=O) groups is 1. The minimum Gasteiger partial charge on any atom is -0.420 e. The van der Waals surface area contributed by atoms with Gasteiger partial charge in [0.1, 0.15) is 5.78 Å². The lowest BCUT2D eigenvalue weighted by atomic mass is 10.2. The lowest BCUT2D eigenvalue weighted by molar-refractivity contribution is -0.116. The van der Waals surface area contributed by atoms with Crippen LogP contribution in [0.25, 0.3) is 11.5 Å². The maximum absolute atomic E-state index is 10.8. The third-order valence-corrected chi connectivity index (χ3v) is 1.89. The van der Waals surface area contributed by atoms with Crippen LogP contribution in [0.4, 0.5) is 0 Å². The van der Waals surface area contributed by atoms with Crippen molar-refractivity contribution in [3.05, 3.63) is 36.2 Å². The summed E-state index contributed by atoms with van der Waals surface area (Å²) in [5, 5.41) is 7.67. The molecule has 76 valence electrons. The number of Topliss-reactive ketones (excluding diaryl/α,β-unsaturated/α-hetero) is 1. The minimum absolute atomic E-state index is 0.0123. The summed E-state index contributed by atoms with van der Waals surface area (Å²) in [5.41, 5.74) is 0.861. The minimum atomic E-state index is 0.0123. The highest BCUT2D eigenvalue weighted by molar-refractivity contribution is 5.77. The fourth-order valence-electron chi connectivity index (χ4n) is 1.24. The molecule has 0 saturated carbocycles. The van der Waals surface area contributed by atoms with Gasteiger partial charge in [0.05, 0.1) is 6.42 Å². The van der Waals surface area contributed by atoms with Crippen LogP contribution < -0.4 is 0 Å². The molecule has 0 saturated heterocycles. The Morgan fingerprint density at radius 1 is 1.27 bits per heavy atom. The van der Waals surface area contributed by atoms with Gasteiger partial charge in [-0.1, -0.05) is 18.2 Å². The van der Waals surface area contributed by atoms with Gasteiger partial charge >= 0.3 is 0 Å². The first kappa shape index (κ1) is 9.58. The summed E-state index contributed by atoms with van der Waals surface area (Å²) in [7, 11) is 0. The van der Waals surface area contributed by atoms with Crippen molar-refractivity contribution in [3.63, 3.8) is 0 Å². The van der Waals surface area contributed by atoms with E-state index >= 15 is 0 Å². The molecule has 0 fully saturated rings. The Labute approximate surface area is 86.9 Å². The number of hydrogen-bond donors (Lipinski definition) is 0. The van der Waals surface area contributed by atoms with E-state index < -0.39 is 0 Å². The lowest BCUT2D eigenvalue weighted by Crippen LogP contribution is -1.95. The Morgan fingerprint density at radius 2 is 2.00 bits per heavy atom. The molecule has 0 radical (unpaired) electrons. The monoisotopic (exact) mass is 202 g/mol. The molecule has 0 amide bonds. The van der Waals surface area contributed by atoms with E-state index in [0.29, 0.717) is 11.8 Å². The van der Waals surface area contributed by atoms with Crippen molar-refractivity contribution in [1.82, 2.24) is 10.2 Å². The van der Waals surface area contributed by atoms with Crippen LogP contribution in [0.2, 0.25) is 0 Å². The van der Waals surface area contributed by atoms with E-state index in [-0.39, 0.29) is 12.2 Å². The number of nitrogens with zero attached hydrogens (tertiary/aromatic N) is 2. The van der Waals surface area contributed by atoms with Gasteiger partial charge in [-0.2, -0.15) is 0 Å². The SMILES string of the molecule is CC(=O)Cc1nnc(-c2ccccc2)o1. The first-order chi connectivity index (χ1) is 7.25. The highest BCUT2D eigenvalue weighted by Gasteiger charge is 2.09. The number of ketones is 1. The molecular weight excluding hydrogens is 192 g/mol. The first-order valence-corrected chi connectivity index (χ1v) is 4.63. The Bertz CT molecular complexity index is 462. The molecule has 1 aromatic heterocycles. The zero-order chi connectivity index (χ0) is 10.7. The average Bonchev–Trinajstić information content (AvgIpc) is 2.67. The van der Waals surface area contributed by atoms with Gasteiger partial charge in [-0.25, -0.2) is 0 Å². The summed E-state index contributed by atoms with van der Waals surface area (Å²) in [6, 6.07) is 9.46. The van der Waals surface area contributed by atoms with Gasteiger partial charge in [-0.05, 0) is 19.1 Å². The molecule has 0 atom stereocenters. The van der Waals surface area contributed by atoms with Crippen LogP contribution in [-0.4, -0.2) is 16.0 Å². The van der Waals surface area contributed by atoms with Crippen LogP contribution in [0.1, 0.15) is 12.8 Å². The predicted molar refractivity (Wildman–Crippen MR) is 54.1 cm³/mol. The standard InChI is InChI=1S/C11H10N2O2/c1-8(14)7-10-12-13-11(15-10)9-5-3-2-4-6-9/h2-6H,7H2,1H3. The van der Waals surface area contributed by atoms with E-state index in [1.54, 1.807) is 0 Å². The largest absolute Gasteiger partial charge is 0.420 e. The van der Waals surface area contributed by atoms with Crippen molar-refractivity contribution in [3.8, 4) is 11.5 Å². The molecule has 2 aromatic rings. The van der Waals surface area contributed by atoms with E-state index in [1.807, 2.05) is 30.3 Å². The van der Waals surface area contributed by atoms with E-state index in [4.69, 9.17) is 4.42 Å². The summed E-state index contributed by atoms with van der Waals surface area (Å²) in [6.45, 7) is 1.49. The summed E-state index contributed by atoms with van der Waals surface area (Å²) < 4.78 is 5.34. The molecule has 2 rings (SSSR count). The van der Waals surface area contributed by atoms with Gasteiger partial charge in [0.25, 0.3) is 0 Å². The van der Waals surface area contributed by atoms with Crippen molar-refractivity contribution >= 4 is 5.78 Å². The van der Waals surface area contributed by atoms with E-state index in [0.717, 1.165) is 5.56 Å². The molecule has 0 N–H and O–H groups in total. The number of benzene rings is 1. The van der Waals surface area contributed by atoms with Gasteiger partial charge in [0, 0.05) is 5.56 Å². The molecule has 0 spiro atoms. The number of carbonyl (C=O) groups excluding carboxylic acids is 1. The zero-order valence-electron chi connectivity index (χ0n) is 8.30. The molecule has 0 aliphatic heterocycles. The third-order valence-electron chi connectivity index (χ3n) is 1.89. The second-order valence-corrected chi connectivity index (χ2v) is 3.25. The first-order valence-electron chi connectivity index (χ1n) is 4.63. The lowest BCUT2D eigenvalue weighted by Gasteiger charge is -1.91. The zero-order valence-corrected chi connectivity index (χ0v) is 8.30. The average molecular weight is 202 g/mol. The van der Waals surface area contributed by atoms with Gasteiger partial charge in [0.15, 0.2) is 0 Å². The van der Waals surface area contributed by atoms with E-state index in [1.165, 1.54) is 6.92 Å². The predicted octanol–water partition coefficient (Wildman–Crippen LogP) is 1.87. The molecule has 1 aromatic carbocycles. The van der Waals surface area contributed by atoms with Crippen LogP contribution in [-0.2, 0) is 11.2 Å². The summed E-state index contributed by atoms with van der Waals surface area (Å²) >= 11 is 0. The van der Waals surface area contributed by atoms with Gasteiger partial charge in [0.2, 0.25) is 11.8 Å². The molecule has 0 aliphatic carbocycles. The van der Waals surface area contributed by atoms with E-state index in [9.17, 15) is 4.79 Å². The fourth-order valence-corrected chi connectivity index (χ4v) is 1.24. The van der Waals surface area contributed by atoms with Gasteiger partial charge < -0.3 is 4.42 Å². The summed E-state index contributed by atoms with van der Waals surface area (Å²) in [6.07, 6.45) is 0.194. The third kappa shape index (κ3) is 2.28. The quantitative estimate of drug-likeness (QED) is 0.762. The van der Waals surface area contributed by atoms with Crippen LogP contribution in [0, 0.1) is 0 Å². The van der Waals surface area contributed by atoms with Crippen molar-refractivity contribution < 1.29 is 9.21 Å². The number of rotatable bonds is 3. The Morgan fingerprint density at radius 3 is 2.67 bits per heavy atom. The van der Waals surface area contributed by atoms with Crippen molar-refractivity contribution in [2.24, 2.45) is 0 Å². The molecule has 4 heteroatoms. The highest BCUT2D eigenvalue weighted by Crippen LogP contribution is 2.16. The maximum atomic E-state index is 10.8. The second-order valence-electron chi connectivity index (χ2n) is 3.25. The maximum Gasteiger partial charge on any atom is 0.247 e. The van der Waals surface area contributed by atoms with Crippen LogP contribution >= 0.6 is 0 Å². The highest BCUT2D eigenvalue weighted by atomic mass is 16.4. The topological polar surface area (TPSA) is 56.0 Å². The molecule has 0 aliphatic rings. The smallest absolute Gasteiger partial charge is 0.247 e. The normalized spacial score (nSPS) is 10.2. The number of aromatic nitrogens is 2. The molecule has 0 unspecified atom stereocenters. The molecular formula is C11H10N2O2. The number of hydrogen-bond acceptors (Lipinski definition) is 4. The van der Waals surface area contributed by atoms with Crippen LogP contribution in [0.3, 0.4) is 0 Å². The Balaban J connectivity index is 2.24. The van der Waals surface area contributed by atoms with E-state index in [2.05, 4.69) is 10.2 Å². The molecule has 4 nitrogen and oxygen atoms in total. The second kappa shape index (κ2) is 4.04. The van der Waals surface area contributed by atoms with Crippen LogP contribution in [0.5, 0.6) is 0 Å². The van der Waals surface area contributed by atoms with Crippen LogP contribution in [0.15, 0.2) is 34.7 Å². The molecule has 1 heterocycles. The Kier molecular flexibility index (Phi) is 2.58. The van der Waals surface area contributed by atoms with Crippen molar-refractivity contribution in [2.75, 3.05) is 0 Å². The summed E-state index contributed by atoms with van der Waals surface area (Å²) in [5.74, 6) is 0.825. The van der Waals surface area contributed by atoms with Crippen molar-refractivity contribution in [2.45, 2.75) is 13.3 Å². The summed E-state index contributed by atoms with van der Waals surface area (Å²) in [4.78, 5) is 10.8. The molecule has 15 heavy (non-hydrogen) atoms. The Hall–Kier alpha value is -1.97. The van der Waals surface area contributed by atoms with Gasteiger partial charge in [-0.15, -0.1) is 10.2 Å².